The molecule has 4 N–H and O–H groups in total. The standard InChI is InChI=1S/C17H14BN5O2S/c1-9-21-17(23-26-9)12-5-3-11(18(24)25)7-14(12)10-2-4-13-15(19)8-20-22-16(13)6-10/h2-8,24-25H,1H3,(H2,19,22). The Kier molecular flexibility index (Phi) is 4.11. The Labute approximate surface area is 153 Å². The molecule has 0 saturated carbocycles. The molecular formula is C17H14BN5O2S. The monoisotopic (exact) mass is 363 g/mol. The molecule has 0 unspecified atom stereocenters. The fourth-order valence-corrected chi connectivity index (χ4v) is 3.30. The zero-order chi connectivity index (χ0) is 18.3. The molecule has 0 amide bonds. The largest absolute Gasteiger partial charge is 0.488 e. The minimum Gasteiger partial charge on any atom is -0.423 e. The number of rotatable bonds is 3. The van der Waals surface area contributed by atoms with Crippen LogP contribution >= 0.6 is 11.5 Å². The van der Waals surface area contributed by atoms with Crippen molar-refractivity contribution >= 4 is 40.7 Å². The molecule has 0 spiro atoms. The number of hydrogen-bond donors (Lipinski definition) is 3. The number of anilines is 1. The average Bonchev–Trinajstić information content (AvgIpc) is 3.07. The molecule has 4 rings (SSSR count). The first kappa shape index (κ1) is 16.6. The molecule has 128 valence electrons. The van der Waals surface area contributed by atoms with Crippen molar-refractivity contribution in [2.75, 3.05) is 5.73 Å². The van der Waals surface area contributed by atoms with Crippen molar-refractivity contribution in [3.05, 3.63) is 47.6 Å². The zero-order valence-corrected chi connectivity index (χ0v) is 14.6. The van der Waals surface area contributed by atoms with Gasteiger partial charge in [0.05, 0.1) is 17.4 Å². The van der Waals surface area contributed by atoms with E-state index in [0.717, 1.165) is 27.1 Å². The van der Waals surface area contributed by atoms with Gasteiger partial charge >= 0.3 is 7.12 Å². The van der Waals surface area contributed by atoms with Gasteiger partial charge in [-0.3, -0.25) is 0 Å². The van der Waals surface area contributed by atoms with Crippen LogP contribution in [0.3, 0.4) is 0 Å². The van der Waals surface area contributed by atoms with Crippen molar-refractivity contribution < 1.29 is 10.0 Å². The summed E-state index contributed by atoms with van der Waals surface area (Å²) >= 11 is 1.32. The first-order chi connectivity index (χ1) is 12.5. The fourth-order valence-electron chi connectivity index (χ4n) is 2.81. The van der Waals surface area contributed by atoms with Gasteiger partial charge in [-0.1, -0.05) is 24.3 Å². The normalized spacial score (nSPS) is 11.0. The van der Waals surface area contributed by atoms with Crippen molar-refractivity contribution in [2.45, 2.75) is 6.92 Å². The second kappa shape index (κ2) is 6.45. The lowest BCUT2D eigenvalue weighted by molar-refractivity contribution is 0.426. The van der Waals surface area contributed by atoms with Crippen LogP contribution in [0.5, 0.6) is 0 Å². The van der Waals surface area contributed by atoms with E-state index < -0.39 is 7.12 Å². The van der Waals surface area contributed by atoms with E-state index in [1.807, 2.05) is 25.1 Å². The van der Waals surface area contributed by atoms with Crippen LogP contribution in [-0.2, 0) is 0 Å². The zero-order valence-electron chi connectivity index (χ0n) is 13.8. The van der Waals surface area contributed by atoms with Crippen molar-refractivity contribution in [1.29, 1.82) is 0 Å². The van der Waals surface area contributed by atoms with Crippen molar-refractivity contribution in [2.24, 2.45) is 0 Å². The van der Waals surface area contributed by atoms with E-state index in [1.165, 1.54) is 17.7 Å². The molecule has 4 aromatic rings. The third-order valence-electron chi connectivity index (χ3n) is 4.09. The predicted molar refractivity (Wildman–Crippen MR) is 103 cm³/mol. The van der Waals surface area contributed by atoms with Gasteiger partial charge in [-0.05, 0) is 47.2 Å². The molecule has 0 saturated heterocycles. The Morgan fingerprint density at radius 1 is 1.08 bits per heavy atom. The average molecular weight is 363 g/mol. The second-order valence-electron chi connectivity index (χ2n) is 5.85. The number of nitrogens with zero attached hydrogens (tertiary/aromatic N) is 4. The smallest absolute Gasteiger partial charge is 0.423 e. The van der Waals surface area contributed by atoms with E-state index in [1.54, 1.807) is 18.2 Å². The van der Waals surface area contributed by atoms with Crippen LogP contribution in [0.15, 0.2) is 42.6 Å². The minimum atomic E-state index is -1.57. The molecule has 26 heavy (non-hydrogen) atoms. The van der Waals surface area contributed by atoms with Gasteiger partial charge < -0.3 is 15.8 Å². The Morgan fingerprint density at radius 2 is 1.92 bits per heavy atom. The van der Waals surface area contributed by atoms with Crippen LogP contribution in [-0.4, -0.2) is 36.7 Å². The highest BCUT2D eigenvalue weighted by atomic mass is 32.1. The summed E-state index contributed by atoms with van der Waals surface area (Å²) < 4.78 is 4.38. The molecule has 0 aliphatic carbocycles. The highest BCUT2D eigenvalue weighted by Crippen LogP contribution is 2.32. The highest BCUT2D eigenvalue weighted by molar-refractivity contribution is 7.05. The molecule has 9 heteroatoms. The van der Waals surface area contributed by atoms with Crippen molar-refractivity contribution in [1.82, 2.24) is 19.6 Å². The lowest BCUT2D eigenvalue weighted by Gasteiger charge is -2.11. The van der Waals surface area contributed by atoms with Gasteiger partial charge in [0.15, 0.2) is 5.82 Å². The summed E-state index contributed by atoms with van der Waals surface area (Å²) in [5.41, 5.74) is 9.95. The molecule has 2 aromatic heterocycles. The molecule has 0 atom stereocenters. The summed E-state index contributed by atoms with van der Waals surface area (Å²) in [4.78, 5) is 4.45. The highest BCUT2D eigenvalue weighted by Gasteiger charge is 2.18. The van der Waals surface area contributed by atoms with Gasteiger partial charge in [-0.15, -0.1) is 0 Å². The maximum absolute atomic E-state index is 9.56. The Hall–Kier alpha value is -2.88. The van der Waals surface area contributed by atoms with Crippen molar-refractivity contribution in [3.63, 3.8) is 0 Å². The Bertz CT molecular complexity index is 1120. The SMILES string of the molecule is Cc1nc(-c2ccc(B(O)O)cc2-c2ccc3c(N)cnnc3c2)ns1. The van der Waals surface area contributed by atoms with E-state index in [4.69, 9.17) is 5.73 Å². The van der Waals surface area contributed by atoms with Crippen LogP contribution in [0, 0.1) is 6.92 Å². The molecule has 0 bridgehead atoms. The van der Waals surface area contributed by atoms with Gasteiger partial charge in [0.1, 0.15) is 5.01 Å². The molecule has 0 aliphatic heterocycles. The maximum Gasteiger partial charge on any atom is 0.488 e. The van der Waals surface area contributed by atoms with Crippen LogP contribution < -0.4 is 11.2 Å². The maximum atomic E-state index is 9.56. The van der Waals surface area contributed by atoms with Crippen LogP contribution in [0.2, 0.25) is 0 Å². The molecule has 0 aliphatic rings. The quantitative estimate of drug-likeness (QED) is 0.471. The molecular weight excluding hydrogens is 349 g/mol. The van der Waals surface area contributed by atoms with E-state index in [9.17, 15) is 10.0 Å². The number of hydrogen-bond acceptors (Lipinski definition) is 8. The summed E-state index contributed by atoms with van der Waals surface area (Å²) in [5.74, 6) is 0.597. The number of aromatic nitrogens is 4. The molecule has 7 nitrogen and oxygen atoms in total. The van der Waals surface area contributed by atoms with Crippen molar-refractivity contribution in [3.8, 4) is 22.5 Å². The number of aryl methyl sites for hydroxylation is 1. The minimum absolute atomic E-state index is 0.384. The summed E-state index contributed by atoms with van der Waals surface area (Å²) in [6.45, 7) is 1.89. The second-order valence-corrected chi connectivity index (χ2v) is 6.80. The van der Waals surface area contributed by atoms with Gasteiger partial charge in [0.25, 0.3) is 0 Å². The Balaban J connectivity index is 1.95. The first-order valence-corrected chi connectivity index (χ1v) is 8.62. The topological polar surface area (TPSA) is 118 Å². The van der Waals surface area contributed by atoms with E-state index in [-0.39, 0.29) is 0 Å². The van der Waals surface area contributed by atoms with Gasteiger partial charge in [0.2, 0.25) is 0 Å². The van der Waals surface area contributed by atoms with E-state index in [0.29, 0.717) is 22.5 Å². The summed E-state index contributed by atoms with van der Waals surface area (Å²) in [5, 5.41) is 28.8. The molecule has 2 heterocycles. The fraction of sp³-hybridized carbons (Fsp3) is 0.0588. The van der Waals surface area contributed by atoms with Crippen LogP contribution in [0.4, 0.5) is 5.69 Å². The lowest BCUT2D eigenvalue weighted by atomic mass is 9.78. The lowest BCUT2D eigenvalue weighted by Crippen LogP contribution is -2.29. The van der Waals surface area contributed by atoms with Crippen LogP contribution in [0.25, 0.3) is 33.4 Å². The van der Waals surface area contributed by atoms with E-state index >= 15 is 0 Å². The number of nitrogens with two attached hydrogens (primary N) is 1. The number of fused-ring (bicyclic) bond motifs is 1. The molecule has 0 radical (unpaired) electrons. The summed E-state index contributed by atoms with van der Waals surface area (Å²) in [6.07, 6.45) is 1.51. The summed E-state index contributed by atoms with van der Waals surface area (Å²) in [7, 11) is -1.57. The first-order valence-electron chi connectivity index (χ1n) is 7.85. The number of nitrogen functional groups attached to an aromatic ring is 1. The third kappa shape index (κ3) is 2.92. The number of benzene rings is 2. The van der Waals surface area contributed by atoms with Crippen LogP contribution in [0.1, 0.15) is 5.01 Å². The molecule has 2 aromatic carbocycles. The third-order valence-corrected chi connectivity index (χ3v) is 4.71. The summed E-state index contributed by atoms with van der Waals surface area (Å²) in [6, 6.07) is 10.8. The van der Waals surface area contributed by atoms with Gasteiger partial charge in [-0.25, -0.2) is 4.98 Å². The molecule has 0 fully saturated rings. The van der Waals surface area contributed by atoms with E-state index in [2.05, 4.69) is 19.6 Å². The predicted octanol–water partition coefficient (Wildman–Crippen LogP) is 1.39. The Morgan fingerprint density at radius 3 is 2.65 bits per heavy atom. The van der Waals surface area contributed by atoms with Gasteiger partial charge in [-0.2, -0.15) is 14.6 Å². The van der Waals surface area contributed by atoms with Gasteiger partial charge in [0, 0.05) is 10.9 Å².